The number of carbonyl (C=O) groups excluding carboxylic acids is 1. The van der Waals surface area contributed by atoms with E-state index in [0.717, 1.165) is 15.8 Å². The normalized spacial score (nSPS) is 10.7. The SMILES string of the molecule is Cc1ccc2nc(NC(=O)c3cncc(N)n3)sc2c1. The van der Waals surface area contributed by atoms with Crippen LogP contribution in [0.2, 0.25) is 0 Å². The summed E-state index contributed by atoms with van der Waals surface area (Å²) in [5.41, 5.74) is 7.68. The van der Waals surface area contributed by atoms with Crippen molar-refractivity contribution in [2.24, 2.45) is 0 Å². The van der Waals surface area contributed by atoms with Crippen LogP contribution < -0.4 is 11.1 Å². The Balaban J connectivity index is 1.87. The number of nitrogens with one attached hydrogen (secondary N) is 1. The number of rotatable bonds is 2. The van der Waals surface area contributed by atoms with Gasteiger partial charge in [0.15, 0.2) is 5.13 Å². The van der Waals surface area contributed by atoms with Crippen LogP contribution in [0.3, 0.4) is 0 Å². The van der Waals surface area contributed by atoms with Gasteiger partial charge >= 0.3 is 0 Å². The Kier molecular flexibility index (Phi) is 3.03. The molecule has 7 heteroatoms. The van der Waals surface area contributed by atoms with Gasteiger partial charge in [0.25, 0.3) is 5.91 Å². The Hall–Kier alpha value is -2.54. The lowest BCUT2D eigenvalue weighted by Crippen LogP contribution is -2.14. The van der Waals surface area contributed by atoms with Crippen molar-refractivity contribution < 1.29 is 4.79 Å². The van der Waals surface area contributed by atoms with Crippen LogP contribution >= 0.6 is 11.3 Å². The molecule has 0 unspecified atom stereocenters. The second-order valence-corrected chi connectivity index (χ2v) is 5.30. The van der Waals surface area contributed by atoms with Crippen LogP contribution in [0.1, 0.15) is 16.1 Å². The number of hydrogen-bond acceptors (Lipinski definition) is 6. The predicted molar refractivity (Wildman–Crippen MR) is 78.8 cm³/mol. The Morgan fingerprint density at radius 2 is 2.15 bits per heavy atom. The van der Waals surface area contributed by atoms with E-state index in [0.29, 0.717) is 5.13 Å². The van der Waals surface area contributed by atoms with E-state index in [4.69, 9.17) is 5.73 Å². The number of fused-ring (bicyclic) bond motifs is 1. The second-order valence-electron chi connectivity index (χ2n) is 4.27. The topological polar surface area (TPSA) is 93.8 Å². The number of aryl methyl sites for hydroxylation is 1. The predicted octanol–water partition coefficient (Wildman–Crippen LogP) is 2.23. The maximum atomic E-state index is 12.0. The molecule has 3 N–H and O–H groups in total. The molecule has 20 heavy (non-hydrogen) atoms. The number of hydrogen-bond donors (Lipinski definition) is 2. The van der Waals surface area contributed by atoms with Gasteiger partial charge < -0.3 is 5.73 Å². The molecule has 3 rings (SSSR count). The minimum absolute atomic E-state index is 0.167. The van der Waals surface area contributed by atoms with Crippen LogP contribution in [-0.4, -0.2) is 20.9 Å². The maximum absolute atomic E-state index is 12.0. The summed E-state index contributed by atoms with van der Waals surface area (Å²) in [5, 5.41) is 3.23. The number of aromatic nitrogens is 3. The molecule has 1 amide bonds. The van der Waals surface area contributed by atoms with Gasteiger partial charge in [-0.2, -0.15) is 0 Å². The summed E-state index contributed by atoms with van der Waals surface area (Å²) in [4.78, 5) is 24.1. The molecule has 3 aromatic rings. The standard InChI is InChI=1S/C13H11N5OS/c1-7-2-3-8-10(4-7)20-13(17-8)18-12(19)9-5-15-6-11(14)16-9/h2-6H,1H3,(H2,14,16)(H,17,18,19). The van der Waals surface area contributed by atoms with E-state index in [1.165, 1.54) is 23.7 Å². The molecule has 6 nitrogen and oxygen atoms in total. The fourth-order valence-electron chi connectivity index (χ4n) is 1.74. The smallest absolute Gasteiger partial charge is 0.277 e. The van der Waals surface area contributed by atoms with Gasteiger partial charge in [-0.05, 0) is 24.6 Å². The van der Waals surface area contributed by atoms with Gasteiger partial charge in [0, 0.05) is 0 Å². The first-order valence-electron chi connectivity index (χ1n) is 5.88. The zero-order valence-electron chi connectivity index (χ0n) is 10.6. The van der Waals surface area contributed by atoms with Crippen LogP contribution in [0, 0.1) is 6.92 Å². The van der Waals surface area contributed by atoms with Crippen molar-refractivity contribution >= 4 is 38.4 Å². The largest absolute Gasteiger partial charge is 0.382 e. The first kappa shape index (κ1) is 12.5. The van der Waals surface area contributed by atoms with Crippen LogP contribution in [0.4, 0.5) is 10.9 Å². The van der Waals surface area contributed by atoms with E-state index in [9.17, 15) is 4.79 Å². The number of benzene rings is 1. The van der Waals surface area contributed by atoms with E-state index in [-0.39, 0.29) is 17.4 Å². The first-order chi connectivity index (χ1) is 9.61. The summed E-state index contributed by atoms with van der Waals surface area (Å²) in [5.74, 6) is -0.168. The van der Waals surface area contributed by atoms with Crippen molar-refractivity contribution in [3.05, 3.63) is 41.9 Å². The highest BCUT2D eigenvalue weighted by atomic mass is 32.1. The van der Waals surface area contributed by atoms with Crippen LogP contribution in [0.5, 0.6) is 0 Å². The number of amides is 1. The van der Waals surface area contributed by atoms with Crippen molar-refractivity contribution in [2.75, 3.05) is 11.1 Å². The Morgan fingerprint density at radius 1 is 1.30 bits per heavy atom. The molecular weight excluding hydrogens is 274 g/mol. The number of thiazole rings is 1. The maximum Gasteiger partial charge on any atom is 0.277 e. The molecule has 0 spiro atoms. The van der Waals surface area contributed by atoms with E-state index < -0.39 is 0 Å². The Bertz CT molecular complexity index is 798. The van der Waals surface area contributed by atoms with Gasteiger partial charge in [0.1, 0.15) is 11.5 Å². The number of anilines is 2. The highest BCUT2D eigenvalue weighted by Gasteiger charge is 2.11. The minimum Gasteiger partial charge on any atom is -0.382 e. The van der Waals surface area contributed by atoms with Crippen molar-refractivity contribution in [1.29, 1.82) is 0 Å². The zero-order chi connectivity index (χ0) is 14.1. The fraction of sp³-hybridized carbons (Fsp3) is 0.0769. The molecule has 0 aliphatic carbocycles. The molecule has 0 saturated carbocycles. The van der Waals surface area contributed by atoms with Crippen molar-refractivity contribution in [3.63, 3.8) is 0 Å². The number of carbonyl (C=O) groups is 1. The lowest BCUT2D eigenvalue weighted by atomic mass is 10.2. The van der Waals surface area contributed by atoms with E-state index in [2.05, 4.69) is 20.3 Å². The molecule has 0 saturated heterocycles. The summed E-state index contributed by atoms with van der Waals surface area (Å²) in [6, 6.07) is 5.94. The third-order valence-corrected chi connectivity index (χ3v) is 3.58. The molecule has 0 aliphatic rings. The molecule has 2 aromatic heterocycles. The molecule has 0 fully saturated rings. The first-order valence-corrected chi connectivity index (χ1v) is 6.69. The molecule has 1 aromatic carbocycles. The summed E-state index contributed by atoms with van der Waals surface area (Å²) in [6.07, 6.45) is 2.75. The fourth-order valence-corrected chi connectivity index (χ4v) is 2.70. The molecule has 0 atom stereocenters. The monoisotopic (exact) mass is 285 g/mol. The van der Waals surface area contributed by atoms with Crippen molar-refractivity contribution in [3.8, 4) is 0 Å². The van der Waals surface area contributed by atoms with Crippen molar-refractivity contribution in [2.45, 2.75) is 6.92 Å². The molecule has 0 aliphatic heterocycles. The summed E-state index contributed by atoms with van der Waals surface area (Å²) in [6.45, 7) is 2.01. The third kappa shape index (κ3) is 2.43. The lowest BCUT2D eigenvalue weighted by Gasteiger charge is -2.00. The van der Waals surface area contributed by atoms with E-state index >= 15 is 0 Å². The molecule has 0 radical (unpaired) electrons. The highest BCUT2D eigenvalue weighted by molar-refractivity contribution is 7.22. The number of nitrogens with zero attached hydrogens (tertiary/aromatic N) is 3. The van der Waals surface area contributed by atoms with E-state index in [1.54, 1.807) is 0 Å². The summed E-state index contributed by atoms with van der Waals surface area (Å²) in [7, 11) is 0. The van der Waals surface area contributed by atoms with Crippen LogP contribution in [0.15, 0.2) is 30.6 Å². The molecular formula is C13H11N5OS. The summed E-state index contributed by atoms with van der Waals surface area (Å²) >= 11 is 1.42. The molecule has 0 bridgehead atoms. The van der Waals surface area contributed by atoms with Gasteiger partial charge in [-0.25, -0.2) is 9.97 Å². The third-order valence-electron chi connectivity index (χ3n) is 2.65. The number of nitrogens with two attached hydrogens (primary N) is 1. The molecule has 2 heterocycles. The molecule has 100 valence electrons. The number of nitrogen functional groups attached to an aromatic ring is 1. The average Bonchev–Trinajstić information content (AvgIpc) is 2.80. The lowest BCUT2D eigenvalue weighted by molar-refractivity contribution is 0.102. The summed E-state index contributed by atoms with van der Waals surface area (Å²) < 4.78 is 1.03. The quantitative estimate of drug-likeness (QED) is 0.753. The average molecular weight is 285 g/mol. The van der Waals surface area contributed by atoms with Crippen molar-refractivity contribution in [1.82, 2.24) is 15.0 Å². The Labute approximate surface area is 118 Å². The van der Waals surface area contributed by atoms with Crippen LogP contribution in [-0.2, 0) is 0 Å². The van der Waals surface area contributed by atoms with Gasteiger partial charge in [0.05, 0.1) is 22.6 Å². The highest BCUT2D eigenvalue weighted by Crippen LogP contribution is 2.26. The Morgan fingerprint density at radius 3 is 2.95 bits per heavy atom. The van der Waals surface area contributed by atoms with E-state index in [1.807, 2.05) is 25.1 Å². The van der Waals surface area contributed by atoms with Gasteiger partial charge in [-0.3, -0.25) is 15.1 Å². The van der Waals surface area contributed by atoms with Crippen LogP contribution in [0.25, 0.3) is 10.2 Å². The minimum atomic E-state index is -0.374. The zero-order valence-corrected chi connectivity index (χ0v) is 11.4. The van der Waals surface area contributed by atoms with Gasteiger partial charge in [0.2, 0.25) is 0 Å². The second kappa shape index (κ2) is 4.86. The van der Waals surface area contributed by atoms with Gasteiger partial charge in [-0.1, -0.05) is 17.4 Å². The van der Waals surface area contributed by atoms with Gasteiger partial charge in [-0.15, -0.1) is 0 Å².